The van der Waals surface area contributed by atoms with Crippen molar-refractivity contribution in [2.45, 2.75) is 19.9 Å². The molecule has 0 bridgehead atoms. The molecule has 1 atom stereocenters. The Morgan fingerprint density at radius 2 is 2.25 bits per heavy atom. The Hall–Kier alpha value is -2.11. The molecule has 1 amide bonds. The van der Waals surface area contributed by atoms with E-state index in [1.807, 2.05) is 6.92 Å². The number of carbonyl (C=O) groups is 2. The van der Waals surface area contributed by atoms with Crippen molar-refractivity contribution in [3.05, 3.63) is 29.1 Å². The molecule has 0 spiro atoms. The van der Waals surface area contributed by atoms with E-state index < -0.39 is 11.8 Å². The molecular weight excluding hydrogens is 265 g/mol. The van der Waals surface area contributed by atoms with E-state index in [1.54, 1.807) is 4.90 Å². The van der Waals surface area contributed by atoms with Crippen LogP contribution in [-0.2, 0) is 16.1 Å². The van der Waals surface area contributed by atoms with E-state index >= 15 is 0 Å². The molecule has 6 heteroatoms. The normalized spacial score (nSPS) is 18.4. The molecule has 1 aromatic carbocycles. The Morgan fingerprint density at radius 1 is 1.55 bits per heavy atom. The predicted molar refractivity (Wildman–Crippen MR) is 68.6 cm³/mol. The van der Waals surface area contributed by atoms with Gasteiger partial charge < -0.3 is 14.7 Å². The van der Waals surface area contributed by atoms with Crippen LogP contribution >= 0.6 is 0 Å². The van der Waals surface area contributed by atoms with Crippen LogP contribution in [-0.4, -0.2) is 35.5 Å². The maximum atomic E-state index is 13.8. The van der Waals surface area contributed by atoms with Crippen LogP contribution in [0.1, 0.15) is 29.3 Å². The number of amides is 1. The maximum Gasteiger partial charge on any atom is 0.340 e. The number of methoxy groups -OCH3 is 1. The van der Waals surface area contributed by atoms with E-state index in [1.165, 1.54) is 0 Å². The van der Waals surface area contributed by atoms with Crippen LogP contribution in [0.3, 0.4) is 0 Å². The van der Waals surface area contributed by atoms with Crippen LogP contribution in [0.15, 0.2) is 12.1 Å². The van der Waals surface area contributed by atoms with Crippen molar-refractivity contribution in [1.82, 2.24) is 4.90 Å². The molecule has 0 saturated carbocycles. The van der Waals surface area contributed by atoms with Gasteiger partial charge in [-0.2, -0.15) is 0 Å². The average Bonchev–Trinajstić information content (AvgIpc) is 2.71. The molecule has 1 fully saturated rings. The fourth-order valence-electron chi connectivity index (χ4n) is 2.32. The molecule has 1 aromatic rings. The van der Waals surface area contributed by atoms with Gasteiger partial charge >= 0.3 is 5.97 Å². The lowest BCUT2D eigenvalue weighted by Crippen LogP contribution is -2.24. The molecule has 1 saturated heterocycles. The van der Waals surface area contributed by atoms with Crippen LogP contribution < -0.4 is 0 Å². The Morgan fingerprint density at radius 3 is 2.80 bits per heavy atom. The average molecular weight is 281 g/mol. The van der Waals surface area contributed by atoms with E-state index in [2.05, 4.69) is 4.74 Å². The number of hydrogen-bond donors (Lipinski definition) is 1. The summed E-state index contributed by atoms with van der Waals surface area (Å²) in [5.41, 5.74) is -0.0486. The number of carbonyl (C=O) groups excluding carboxylic acids is 2. The monoisotopic (exact) mass is 281 g/mol. The van der Waals surface area contributed by atoms with Crippen LogP contribution in [0.5, 0.6) is 5.75 Å². The summed E-state index contributed by atoms with van der Waals surface area (Å²) in [6, 6.07) is 2.10. The van der Waals surface area contributed by atoms with Gasteiger partial charge in [0, 0.05) is 25.1 Å². The molecular formula is C14H16FNO4. The minimum atomic E-state index is -0.852. The van der Waals surface area contributed by atoms with Crippen molar-refractivity contribution in [3.8, 4) is 5.75 Å². The van der Waals surface area contributed by atoms with Crippen molar-refractivity contribution in [1.29, 1.82) is 0 Å². The summed E-state index contributed by atoms with van der Waals surface area (Å²) in [7, 11) is 1.14. The summed E-state index contributed by atoms with van der Waals surface area (Å²) >= 11 is 0. The van der Waals surface area contributed by atoms with Gasteiger partial charge in [-0.3, -0.25) is 4.79 Å². The van der Waals surface area contributed by atoms with Gasteiger partial charge in [0.05, 0.1) is 12.7 Å². The lowest BCUT2D eigenvalue weighted by atomic mass is 10.1. The SMILES string of the molecule is COC(=O)c1cc(O)c(CN2CC(C)CC2=O)cc1F. The third kappa shape index (κ3) is 2.74. The summed E-state index contributed by atoms with van der Waals surface area (Å²) in [5, 5.41) is 9.86. The molecule has 0 aromatic heterocycles. The molecule has 1 heterocycles. The fourth-order valence-corrected chi connectivity index (χ4v) is 2.32. The first-order valence-electron chi connectivity index (χ1n) is 6.29. The number of phenolic OH excluding ortho intramolecular Hbond substituents is 1. The molecule has 1 aliphatic heterocycles. The van der Waals surface area contributed by atoms with Gasteiger partial charge in [0.1, 0.15) is 11.6 Å². The molecule has 1 N–H and O–H groups in total. The fraction of sp³-hybridized carbons (Fsp3) is 0.429. The number of phenols is 1. The number of nitrogens with zero attached hydrogens (tertiary/aromatic N) is 1. The van der Waals surface area contributed by atoms with Crippen molar-refractivity contribution in [2.24, 2.45) is 5.92 Å². The molecule has 0 aliphatic carbocycles. The van der Waals surface area contributed by atoms with Crippen LogP contribution in [0.25, 0.3) is 0 Å². The first-order chi connectivity index (χ1) is 9.42. The van der Waals surface area contributed by atoms with Gasteiger partial charge in [-0.25, -0.2) is 9.18 Å². The van der Waals surface area contributed by atoms with Gasteiger partial charge in [0.2, 0.25) is 5.91 Å². The second-order valence-corrected chi connectivity index (χ2v) is 5.04. The zero-order valence-electron chi connectivity index (χ0n) is 11.4. The Kier molecular flexibility index (Phi) is 3.92. The summed E-state index contributed by atoms with van der Waals surface area (Å²) < 4.78 is 18.2. The number of halogens is 1. The minimum Gasteiger partial charge on any atom is -0.508 e. The highest BCUT2D eigenvalue weighted by Crippen LogP contribution is 2.26. The smallest absolute Gasteiger partial charge is 0.340 e. The first kappa shape index (κ1) is 14.3. The standard InChI is InChI=1S/C14H16FNO4/c1-8-3-13(18)16(6-8)7-9-4-11(15)10(5-12(9)17)14(19)20-2/h4-5,8,17H,3,6-7H2,1-2H3. The number of hydrogen-bond acceptors (Lipinski definition) is 4. The highest BCUT2D eigenvalue weighted by Gasteiger charge is 2.27. The van der Waals surface area contributed by atoms with E-state index in [9.17, 15) is 19.1 Å². The van der Waals surface area contributed by atoms with Crippen LogP contribution in [0.4, 0.5) is 4.39 Å². The number of esters is 1. The van der Waals surface area contributed by atoms with Gasteiger partial charge in [0.25, 0.3) is 0 Å². The lowest BCUT2D eigenvalue weighted by molar-refractivity contribution is -0.128. The van der Waals surface area contributed by atoms with Crippen molar-refractivity contribution in [3.63, 3.8) is 0 Å². The molecule has 20 heavy (non-hydrogen) atoms. The zero-order valence-corrected chi connectivity index (χ0v) is 11.4. The molecule has 5 nitrogen and oxygen atoms in total. The molecule has 1 unspecified atom stereocenters. The first-order valence-corrected chi connectivity index (χ1v) is 6.29. The third-order valence-corrected chi connectivity index (χ3v) is 3.34. The summed E-state index contributed by atoms with van der Waals surface area (Å²) in [4.78, 5) is 24.5. The predicted octanol–water partition coefficient (Wildman–Crippen LogP) is 1.69. The Bertz CT molecular complexity index is 558. The van der Waals surface area contributed by atoms with Crippen molar-refractivity contribution in [2.75, 3.05) is 13.7 Å². The number of benzene rings is 1. The Labute approximate surface area is 116 Å². The number of aromatic hydroxyl groups is 1. The third-order valence-electron chi connectivity index (χ3n) is 3.34. The van der Waals surface area contributed by atoms with E-state index in [-0.39, 0.29) is 35.2 Å². The minimum absolute atomic E-state index is 0.0191. The maximum absolute atomic E-state index is 13.8. The van der Waals surface area contributed by atoms with Crippen LogP contribution in [0.2, 0.25) is 0 Å². The van der Waals surface area contributed by atoms with Gasteiger partial charge in [-0.15, -0.1) is 0 Å². The summed E-state index contributed by atoms with van der Waals surface area (Å²) in [6.07, 6.45) is 0.462. The van der Waals surface area contributed by atoms with Crippen molar-refractivity contribution >= 4 is 11.9 Å². The highest BCUT2D eigenvalue weighted by molar-refractivity contribution is 5.90. The lowest BCUT2D eigenvalue weighted by Gasteiger charge is -2.17. The van der Waals surface area contributed by atoms with Gasteiger partial charge in [-0.1, -0.05) is 6.92 Å². The number of rotatable bonds is 3. The summed E-state index contributed by atoms with van der Waals surface area (Å²) in [5.74, 6) is -1.61. The molecule has 2 rings (SSSR count). The van der Waals surface area contributed by atoms with E-state index in [0.717, 1.165) is 19.2 Å². The second kappa shape index (κ2) is 5.48. The quantitative estimate of drug-likeness (QED) is 0.856. The topological polar surface area (TPSA) is 66.8 Å². The zero-order chi connectivity index (χ0) is 14.9. The highest BCUT2D eigenvalue weighted by atomic mass is 19.1. The second-order valence-electron chi connectivity index (χ2n) is 5.04. The largest absolute Gasteiger partial charge is 0.508 e. The van der Waals surface area contributed by atoms with Crippen LogP contribution in [0, 0.1) is 11.7 Å². The summed E-state index contributed by atoms with van der Waals surface area (Å²) in [6.45, 7) is 2.67. The van der Waals surface area contributed by atoms with Crippen molar-refractivity contribution < 1.29 is 23.8 Å². The number of likely N-dealkylation sites (tertiary alicyclic amines) is 1. The van der Waals surface area contributed by atoms with E-state index in [0.29, 0.717) is 13.0 Å². The van der Waals surface area contributed by atoms with Gasteiger partial charge in [-0.05, 0) is 18.1 Å². The molecule has 1 aliphatic rings. The van der Waals surface area contributed by atoms with Gasteiger partial charge in [0.15, 0.2) is 0 Å². The molecule has 108 valence electrons. The number of ether oxygens (including phenoxy) is 1. The molecule has 0 radical (unpaired) electrons. The Balaban J connectivity index is 2.23. The van der Waals surface area contributed by atoms with E-state index in [4.69, 9.17) is 0 Å².